The minimum atomic E-state index is -0.592. The van der Waals surface area contributed by atoms with E-state index in [9.17, 15) is 9.59 Å². The first-order valence-electron chi connectivity index (χ1n) is 8.31. The molecule has 0 heterocycles. The van der Waals surface area contributed by atoms with E-state index in [0.717, 1.165) is 6.42 Å². The molecule has 1 amide bonds. The molecule has 0 aliphatic rings. The van der Waals surface area contributed by atoms with Crippen molar-refractivity contribution in [3.8, 4) is 5.75 Å². The first-order chi connectivity index (χ1) is 12.1. The van der Waals surface area contributed by atoms with Gasteiger partial charge in [0.1, 0.15) is 5.75 Å². The lowest BCUT2D eigenvalue weighted by atomic mass is 9.99. The lowest BCUT2D eigenvalue weighted by Gasteiger charge is -2.11. The summed E-state index contributed by atoms with van der Waals surface area (Å²) in [7, 11) is 0. The van der Waals surface area contributed by atoms with Gasteiger partial charge < -0.3 is 14.8 Å². The van der Waals surface area contributed by atoms with E-state index >= 15 is 0 Å². The third kappa shape index (κ3) is 6.30. The number of amides is 1. The van der Waals surface area contributed by atoms with Crippen LogP contribution in [-0.2, 0) is 14.3 Å². The van der Waals surface area contributed by atoms with Crippen molar-refractivity contribution in [2.75, 3.05) is 18.5 Å². The molecule has 0 aliphatic carbocycles. The minimum absolute atomic E-state index is 0.235. The maximum absolute atomic E-state index is 11.8. The van der Waals surface area contributed by atoms with Crippen molar-refractivity contribution in [2.24, 2.45) is 0 Å². The standard InChI is InChI=1S/C20H23NO4/c1-3-15(2)16-9-11-17(12-10-16)21-19(22)13-25-20(23)14-24-18-7-5-4-6-8-18/h4-12,15H,3,13-14H2,1-2H3,(H,21,22)/t15-/m0/s1. The van der Waals surface area contributed by atoms with E-state index in [2.05, 4.69) is 19.2 Å². The number of hydrogen-bond donors (Lipinski definition) is 1. The molecule has 2 rings (SSSR count). The zero-order chi connectivity index (χ0) is 18.1. The largest absolute Gasteiger partial charge is 0.482 e. The van der Waals surface area contributed by atoms with Crippen LogP contribution in [-0.4, -0.2) is 25.1 Å². The number of benzene rings is 2. The molecule has 1 N–H and O–H groups in total. The average molecular weight is 341 g/mol. The van der Waals surface area contributed by atoms with E-state index in [-0.39, 0.29) is 19.1 Å². The molecule has 0 spiro atoms. The monoisotopic (exact) mass is 341 g/mol. The molecule has 0 unspecified atom stereocenters. The van der Waals surface area contributed by atoms with Crippen molar-refractivity contribution >= 4 is 17.6 Å². The molecule has 0 saturated carbocycles. The van der Waals surface area contributed by atoms with Crippen molar-refractivity contribution in [2.45, 2.75) is 26.2 Å². The second-order valence-electron chi connectivity index (χ2n) is 5.74. The van der Waals surface area contributed by atoms with E-state index in [4.69, 9.17) is 9.47 Å². The minimum Gasteiger partial charge on any atom is -0.482 e. The molecule has 5 nitrogen and oxygen atoms in total. The van der Waals surface area contributed by atoms with E-state index in [1.54, 1.807) is 24.3 Å². The normalized spacial score (nSPS) is 11.4. The van der Waals surface area contributed by atoms with Crippen LogP contribution in [0.15, 0.2) is 54.6 Å². The van der Waals surface area contributed by atoms with Crippen LogP contribution >= 0.6 is 0 Å². The van der Waals surface area contributed by atoms with Crippen molar-refractivity contribution in [1.29, 1.82) is 0 Å². The topological polar surface area (TPSA) is 64.6 Å². The van der Waals surface area contributed by atoms with Gasteiger partial charge in [0.15, 0.2) is 13.2 Å². The molecule has 0 fully saturated rings. The Morgan fingerprint density at radius 2 is 1.68 bits per heavy atom. The van der Waals surface area contributed by atoms with Gasteiger partial charge in [-0.15, -0.1) is 0 Å². The van der Waals surface area contributed by atoms with Crippen LogP contribution in [0.25, 0.3) is 0 Å². The average Bonchev–Trinajstić information content (AvgIpc) is 2.65. The number of carbonyl (C=O) groups excluding carboxylic acids is 2. The number of para-hydroxylation sites is 1. The van der Waals surface area contributed by atoms with Gasteiger partial charge in [-0.25, -0.2) is 4.79 Å². The summed E-state index contributed by atoms with van der Waals surface area (Å²) in [5.41, 5.74) is 1.90. The highest BCUT2D eigenvalue weighted by molar-refractivity contribution is 5.92. The quantitative estimate of drug-likeness (QED) is 0.743. The molecule has 1 atom stereocenters. The third-order valence-corrected chi connectivity index (χ3v) is 3.84. The fraction of sp³-hybridized carbons (Fsp3) is 0.300. The second-order valence-corrected chi connectivity index (χ2v) is 5.74. The van der Waals surface area contributed by atoms with E-state index < -0.39 is 5.97 Å². The van der Waals surface area contributed by atoms with Crippen LogP contribution in [0.5, 0.6) is 5.75 Å². The summed E-state index contributed by atoms with van der Waals surface area (Å²) in [6.45, 7) is 3.71. The molecule has 0 bridgehead atoms. The number of rotatable bonds is 8. The van der Waals surface area contributed by atoms with Gasteiger partial charge in [-0.1, -0.05) is 44.2 Å². The van der Waals surface area contributed by atoms with Crippen molar-refractivity contribution in [3.05, 3.63) is 60.2 Å². The zero-order valence-corrected chi connectivity index (χ0v) is 14.5. The molecular weight excluding hydrogens is 318 g/mol. The third-order valence-electron chi connectivity index (χ3n) is 3.84. The van der Waals surface area contributed by atoms with Crippen molar-refractivity contribution in [1.82, 2.24) is 0 Å². The molecule has 25 heavy (non-hydrogen) atoms. The molecule has 5 heteroatoms. The smallest absolute Gasteiger partial charge is 0.344 e. The van der Waals surface area contributed by atoms with Crippen LogP contribution in [0.3, 0.4) is 0 Å². The summed E-state index contributed by atoms with van der Waals surface area (Å²) in [5, 5.41) is 2.70. The van der Waals surface area contributed by atoms with Gasteiger partial charge >= 0.3 is 5.97 Å². The van der Waals surface area contributed by atoms with Crippen LogP contribution < -0.4 is 10.1 Å². The van der Waals surface area contributed by atoms with Crippen LogP contribution in [0.1, 0.15) is 31.7 Å². The summed E-state index contributed by atoms with van der Waals surface area (Å²) in [6, 6.07) is 16.6. The Balaban J connectivity index is 1.72. The molecule has 0 aromatic heterocycles. The Labute approximate surface area is 148 Å². The van der Waals surface area contributed by atoms with E-state index in [1.807, 2.05) is 30.3 Å². The maximum Gasteiger partial charge on any atom is 0.344 e. The predicted octanol–water partition coefficient (Wildman–Crippen LogP) is 3.76. The lowest BCUT2D eigenvalue weighted by Crippen LogP contribution is -2.23. The van der Waals surface area contributed by atoms with Crippen LogP contribution in [0, 0.1) is 0 Å². The van der Waals surface area contributed by atoms with Gasteiger partial charge in [-0.2, -0.15) is 0 Å². The highest BCUT2D eigenvalue weighted by atomic mass is 16.6. The second kappa shape index (κ2) is 9.47. The van der Waals surface area contributed by atoms with E-state index in [1.165, 1.54) is 5.56 Å². The number of esters is 1. The van der Waals surface area contributed by atoms with Gasteiger partial charge in [0.25, 0.3) is 5.91 Å². The molecular formula is C20H23NO4. The van der Waals surface area contributed by atoms with Crippen LogP contribution in [0.2, 0.25) is 0 Å². The van der Waals surface area contributed by atoms with Crippen LogP contribution in [0.4, 0.5) is 5.69 Å². The predicted molar refractivity (Wildman–Crippen MR) is 96.7 cm³/mol. The van der Waals surface area contributed by atoms with Gasteiger partial charge in [0.05, 0.1) is 0 Å². The molecule has 0 radical (unpaired) electrons. The number of nitrogens with one attached hydrogen (secondary N) is 1. The van der Waals surface area contributed by atoms with Gasteiger partial charge in [0.2, 0.25) is 0 Å². The van der Waals surface area contributed by atoms with Crippen molar-refractivity contribution < 1.29 is 19.1 Å². The Bertz CT molecular complexity index is 683. The zero-order valence-electron chi connectivity index (χ0n) is 14.5. The number of ether oxygens (including phenoxy) is 2. The van der Waals surface area contributed by atoms with Gasteiger partial charge in [-0.3, -0.25) is 4.79 Å². The maximum atomic E-state index is 11.8. The Morgan fingerprint density at radius 3 is 2.32 bits per heavy atom. The fourth-order valence-corrected chi connectivity index (χ4v) is 2.17. The highest BCUT2D eigenvalue weighted by Gasteiger charge is 2.09. The summed E-state index contributed by atoms with van der Waals surface area (Å²) < 4.78 is 10.2. The summed E-state index contributed by atoms with van der Waals surface area (Å²) >= 11 is 0. The Hall–Kier alpha value is -2.82. The fourth-order valence-electron chi connectivity index (χ4n) is 2.17. The number of carbonyl (C=O) groups is 2. The molecule has 0 saturated heterocycles. The number of anilines is 1. The van der Waals surface area contributed by atoms with E-state index in [0.29, 0.717) is 17.4 Å². The lowest BCUT2D eigenvalue weighted by molar-refractivity contribution is -0.149. The highest BCUT2D eigenvalue weighted by Crippen LogP contribution is 2.20. The SMILES string of the molecule is CC[C@H](C)c1ccc(NC(=O)COC(=O)COc2ccccc2)cc1. The van der Waals surface area contributed by atoms with Gasteiger partial charge in [-0.05, 0) is 42.2 Å². The van der Waals surface area contributed by atoms with Gasteiger partial charge in [0, 0.05) is 5.69 Å². The summed E-state index contributed by atoms with van der Waals surface area (Å²) in [5.74, 6) is 0.0797. The summed E-state index contributed by atoms with van der Waals surface area (Å²) in [6.07, 6.45) is 1.06. The summed E-state index contributed by atoms with van der Waals surface area (Å²) in [4.78, 5) is 23.4. The number of hydrogen-bond acceptors (Lipinski definition) is 4. The Kier molecular flexibility index (Phi) is 7.01. The molecule has 0 aliphatic heterocycles. The van der Waals surface area contributed by atoms with Crippen molar-refractivity contribution in [3.63, 3.8) is 0 Å². The first-order valence-corrected chi connectivity index (χ1v) is 8.31. The first kappa shape index (κ1) is 18.5. The molecule has 132 valence electrons. The molecule has 2 aromatic carbocycles. The molecule has 2 aromatic rings. The Morgan fingerprint density at radius 1 is 1.00 bits per heavy atom.